The van der Waals surface area contributed by atoms with Gasteiger partial charge in [-0.1, -0.05) is 24.3 Å². The molecule has 0 radical (unpaired) electrons. The number of primary amides is 1. The highest BCUT2D eigenvalue weighted by atomic mass is 19.1. The fourth-order valence-electron chi connectivity index (χ4n) is 3.38. The first-order valence-electron chi connectivity index (χ1n) is 9.85. The maximum Gasteiger partial charge on any atom is 0.258 e. The Kier molecular flexibility index (Phi) is 7.75. The number of hydrogen-bond donors (Lipinski definition) is 2. The predicted octanol–water partition coefficient (Wildman–Crippen LogP) is 1.42. The Morgan fingerprint density at radius 3 is 2.57 bits per heavy atom. The second kappa shape index (κ2) is 10.7. The van der Waals surface area contributed by atoms with Gasteiger partial charge in [0.1, 0.15) is 11.6 Å². The molecule has 0 aliphatic carbocycles. The van der Waals surface area contributed by atoms with E-state index in [-0.39, 0.29) is 30.8 Å². The Labute approximate surface area is 174 Å². The first-order chi connectivity index (χ1) is 14.5. The van der Waals surface area contributed by atoms with E-state index >= 15 is 0 Å². The topological polar surface area (TPSA) is 93.9 Å². The average Bonchev–Trinajstić information content (AvgIpc) is 2.74. The third-order valence-electron chi connectivity index (χ3n) is 4.88. The molecule has 0 spiro atoms. The number of nitrogens with two attached hydrogens (primary N) is 1. The van der Waals surface area contributed by atoms with Gasteiger partial charge in [-0.15, -0.1) is 0 Å². The van der Waals surface area contributed by atoms with Crippen molar-refractivity contribution in [1.82, 2.24) is 10.2 Å². The van der Waals surface area contributed by atoms with Gasteiger partial charge in [0.15, 0.2) is 6.61 Å². The number of nitrogens with one attached hydrogen (secondary N) is 1. The van der Waals surface area contributed by atoms with Crippen LogP contribution in [0.15, 0.2) is 48.5 Å². The minimum atomic E-state index is -0.406. The molecule has 1 aliphatic heterocycles. The summed E-state index contributed by atoms with van der Waals surface area (Å²) in [5.41, 5.74) is 6.76. The first kappa shape index (κ1) is 21.7. The zero-order chi connectivity index (χ0) is 21.3. The molecule has 3 N–H and O–H groups in total. The molecule has 0 aromatic heterocycles. The van der Waals surface area contributed by atoms with Crippen LogP contribution in [0.5, 0.6) is 5.75 Å². The van der Waals surface area contributed by atoms with Gasteiger partial charge < -0.3 is 20.5 Å². The summed E-state index contributed by atoms with van der Waals surface area (Å²) >= 11 is 0. The van der Waals surface area contributed by atoms with E-state index in [0.29, 0.717) is 38.6 Å². The van der Waals surface area contributed by atoms with Gasteiger partial charge in [0.05, 0.1) is 25.7 Å². The molecular formula is C22H26FN3O4. The normalized spacial score (nSPS) is 15.4. The van der Waals surface area contributed by atoms with Crippen molar-refractivity contribution in [3.8, 4) is 5.75 Å². The summed E-state index contributed by atoms with van der Waals surface area (Å²) in [6.07, 6.45) is 0.157. The average molecular weight is 415 g/mol. The van der Waals surface area contributed by atoms with Crippen molar-refractivity contribution in [2.45, 2.75) is 12.5 Å². The van der Waals surface area contributed by atoms with Gasteiger partial charge in [-0.2, -0.15) is 0 Å². The van der Waals surface area contributed by atoms with E-state index in [1.54, 1.807) is 30.3 Å². The van der Waals surface area contributed by atoms with E-state index in [2.05, 4.69) is 10.2 Å². The molecule has 1 fully saturated rings. The van der Waals surface area contributed by atoms with Crippen LogP contribution in [0.1, 0.15) is 17.2 Å². The maximum atomic E-state index is 13.7. The zero-order valence-corrected chi connectivity index (χ0v) is 16.7. The summed E-state index contributed by atoms with van der Waals surface area (Å²) in [7, 11) is 0. The number of carbonyl (C=O) groups is 2. The lowest BCUT2D eigenvalue weighted by atomic mass is 10.0. The number of amides is 2. The number of rotatable bonds is 9. The lowest BCUT2D eigenvalue weighted by Crippen LogP contribution is -2.44. The molecule has 7 nitrogen and oxygen atoms in total. The Hall–Kier alpha value is -2.97. The van der Waals surface area contributed by atoms with Crippen molar-refractivity contribution in [1.29, 1.82) is 0 Å². The molecule has 1 aliphatic rings. The standard InChI is InChI=1S/C22H26FN3O4/c23-18-3-1-2-17(13-18)20(26-8-10-29-11-9-26)14-25-22(28)15-30-19-6-4-16(5-7-19)12-21(24)27/h1-7,13,20H,8-12,14-15H2,(H2,24,27)(H,25,28). The third-order valence-corrected chi connectivity index (χ3v) is 4.88. The third kappa shape index (κ3) is 6.53. The van der Waals surface area contributed by atoms with E-state index in [0.717, 1.165) is 11.1 Å². The molecule has 1 unspecified atom stereocenters. The summed E-state index contributed by atoms with van der Waals surface area (Å²) in [5, 5.41) is 2.88. The number of benzene rings is 2. The van der Waals surface area contributed by atoms with E-state index < -0.39 is 5.91 Å². The van der Waals surface area contributed by atoms with Gasteiger partial charge >= 0.3 is 0 Å². The second-order valence-corrected chi connectivity index (χ2v) is 7.10. The summed E-state index contributed by atoms with van der Waals surface area (Å²) < 4.78 is 24.6. The molecule has 8 heteroatoms. The molecule has 2 aromatic rings. The van der Waals surface area contributed by atoms with Gasteiger partial charge in [0.25, 0.3) is 5.91 Å². The van der Waals surface area contributed by atoms with Crippen molar-refractivity contribution < 1.29 is 23.5 Å². The molecular weight excluding hydrogens is 389 g/mol. The number of morpholine rings is 1. The van der Waals surface area contributed by atoms with Crippen molar-refractivity contribution >= 4 is 11.8 Å². The van der Waals surface area contributed by atoms with Crippen LogP contribution in [-0.2, 0) is 20.7 Å². The van der Waals surface area contributed by atoms with Crippen LogP contribution in [0.4, 0.5) is 4.39 Å². The van der Waals surface area contributed by atoms with E-state index in [1.807, 2.05) is 6.07 Å². The molecule has 1 saturated heterocycles. The summed E-state index contributed by atoms with van der Waals surface area (Å²) in [4.78, 5) is 25.4. The Morgan fingerprint density at radius 1 is 1.17 bits per heavy atom. The highest BCUT2D eigenvalue weighted by molar-refractivity contribution is 5.77. The largest absolute Gasteiger partial charge is 0.484 e. The molecule has 30 heavy (non-hydrogen) atoms. The van der Waals surface area contributed by atoms with Crippen LogP contribution in [0, 0.1) is 5.82 Å². The lowest BCUT2D eigenvalue weighted by molar-refractivity contribution is -0.123. The molecule has 3 rings (SSSR count). The monoisotopic (exact) mass is 415 g/mol. The fourth-order valence-corrected chi connectivity index (χ4v) is 3.38. The zero-order valence-electron chi connectivity index (χ0n) is 16.7. The minimum Gasteiger partial charge on any atom is -0.484 e. The van der Waals surface area contributed by atoms with Crippen LogP contribution in [0.25, 0.3) is 0 Å². The fraction of sp³-hybridized carbons (Fsp3) is 0.364. The van der Waals surface area contributed by atoms with Crippen molar-refractivity contribution in [2.75, 3.05) is 39.5 Å². The number of halogens is 1. The van der Waals surface area contributed by atoms with Crippen LogP contribution in [0.2, 0.25) is 0 Å². The molecule has 2 amide bonds. The molecule has 0 bridgehead atoms. The molecule has 0 saturated carbocycles. The molecule has 2 aromatic carbocycles. The van der Waals surface area contributed by atoms with Crippen molar-refractivity contribution in [3.05, 3.63) is 65.5 Å². The van der Waals surface area contributed by atoms with Gasteiger partial charge in [0, 0.05) is 19.6 Å². The smallest absolute Gasteiger partial charge is 0.258 e. The first-order valence-corrected chi connectivity index (χ1v) is 9.85. The van der Waals surface area contributed by atoms with Crippen molar-refractivity contribution in [2.24, 2.45) is 5.73 Å². The molecule has 1 atom stereocenters. The summed E-state index contributed by atoms with van der Waals surface area (Å²) in [5.74, 6) is -0.463. The summed E-state index contributed by atoms with van der Waals surface area (Å²) in [6.45, 7) is 2.83. The van der Waals surface area contributed by atoms with Gasteiger partial charge in [0.2, 0.25) is 5.91 Å². The number of nitrogens with zero attached hydrogens (tertiary/aromatic N) is 1. The van der Waals surface area contributed by atoms with Crippen LogP contribution < -0.4 is 15.8 Å². The second-order valence-electron chi connectivity index (χ2n) is 7.10. The number of hydrogen-bond acceptors (Lipinski definition) is 5. The van der Waals surface area contributed by atoms with E-state index in [1.165, 1.54) is 12.1 Å². The van der Waals surface area contributed by atoms with Crippen LogP contribution >= 0.6 is 0 Å². The van der Waals surface area contributed by atoms with Gasteiger partial charge in [-0.3, -0.25) is 14.5 Å². The SMILES string of the molecule is NC(=O)Cc1ccc(OCC(=O)NCC(c2cccc(F)c2)N2CCOCC2)cc1. The minimum absolute atomic E-state index is 0.145. The lowest BCUT2D eigenvalue weighted by Gasteiger charge is -2.35. The maximum absolute atomic E-state index is 13.7. The van der Waals surface area contributed by atoms with Crippen LogP contribution in [0.3, 0.4) is 0 Å². The van der Waals surface area contributed by atoms with E-state index in [4.69, 9.17) is 15.2 Å². The van der Waals surface area contributed by atoms with E-state index in [9.17, 15) is 14.0 Å². The Morgan fingerprint density at radius 2 is 1.90 bits per heavy atom. The predicted molar refractivity (Wildman–Crippen MR) is 109 cm³/mol. The van der Waals surface area contributed by atoms with Gasteiger partial charge in [-0.25, -0.2) is 4.39 Å². The molecule has 1 heterocycles. The van der Waals surface area contributed by atoms with Crippen LogP contribution in [-0.4, -0.2) is 56.2 Å². The van der Waals surface area contributed by atoms with Gasteiger partial charge in [-0.05, 0) is 35.4 Å². The molecule has 160 valence electrons. The Bertz CT molecular complexity index is 854. The summed E-state index contributed by atoms with van der Waals surface area (Å²) in [6, 6.07) is 13.1. The number of carbonyl (C=O) groups excluding carboxylic acids is 2. The van der Waals surface area contributed by atoms with Crippen molar-refractivity contribution in [3.63, 3.8) is 0 Å². The Balaban J connectivity index is 1.54. The highest BCUT2D eigenvalue weighted by Gasteiger charge is 2.23. The number of ether oxygens (including phenoxy) is 2. The highest BCUT2D eigenvalue weighted by Crippen LogP contribution is 2.22. The quantitative estimate of drug-likeness (QED) is 0.646.